The third kappa shape index (κ3) is 2.85. The molecule has 2 heterocycles. The van der Waals surface area contributed by atoms with Crippen LogP contribution < -0.4 is 4.74 Å². The van der Waals surface area contributed by atoms with Crippen molar-refractivity contribution in [3.8, 4) is 5.75 Å². The van der Waals surface area contributed by atoms with Crippen molar-refractivity contribution >= 4 is 23.3 Å². The summed E-state index contributed by atoms with van der Waals surface area (Å²) in [4.78, 5) is 5.86. The smallest absolute Gasteiger partial charge is 0.178 e. The highest BCUT2D eigenvalue weighted by atomic mass is 32.1. The van der Waals surface area contributed by atoms with Crippen LogP contribution in [0, 0.1) is 4.77 Å². The fraction of sp³-hybridized carbons (Fsp3) is 0.562. The topological polar surface area (TPSA) is 33.2 Å². The number of imidazole rings is 1. The molecule has 114 valence electrons. The van der Waals surface area contributed by atoms with Gasteiger partial charge in [0.2, 0.25) is 0 Å². The predicted molar refractivity (Wildman–Crippen MR) is 88.6 cm³/mol. The molecular weight excluding hydrogens is 282 g/mol. The van der Waals surface area contributed by atoms with Crippen LogP contribution in [0.2, 0.25) is 0 Å². The molecule has 1 atom stereocenters. The normalized spacial score (nSPS) is 18.0. The zero-order chi connectivity index (χ0) is 14.8. The van der Waals surface area contributed by atoms with Crippen LogP contribution in [0.1, 0.15) is 26.2 Å². The van der Waals surface area contributed by atoms with E-state index in [0.717, 1.165) is 28.1 Å². The highest BCUT2D eigenvalue weighted by Gasteiger charge is 2.18. The minimum atomic E-state index is 0.502. The van der Waals surface area contributed by atoms with Crippen LogP contribution in [0.4, 0.5) is 0 Å². The van der Waals surface area contributed by atoms with E-state index in [-0.39, 0.29) is 0 Å². The lowest BCUT2D eigenvalue weighted by Crippen LogP contribution is -2.39. The Morgan fingerprint density at radius 2 is 2.05 bits per heavy atom. The molecule has 0 spiro atoms. The summed E-state index contributed by atoms with van der Waals surface area (Å²) in [6, 6.07) is 6.59. The molecule has 1 aliphatic rings. The van der Waals surface area contributed by atoms with Gasteiger partial charge in [0.1, 0.15) is 11.3 Å². The van der Waals surface area contributed by atoms with Crippen molar-refractivity contribution in [2.45, 2.75) is 38.8 Å². The Hall–Kier alpha value is -1.33. The van der Waals surface area contributed by atoms with E-state index in [1.807, 2.05) is 12.1 Å². The van der Waals surface area contributed by atoms with Crippen LogP contribution in [0.5, 0.6) is 5.75 Å². The Labute approximate surface area is 130 Å². The maximum absolute atomic E-state index is 5.51. The number of benzene rings is 1. The van der Waals surface area contributed by atoms with E-state index in [2.05, 4.69) is 27.4 Å². The molecule has 3 rings (SSSR count). The third-order valence-electron chi connectivity index (χ3n) is 4.45. The molecule has 1 fully saturated rings. The average Bonchev–Trinajstić information content (AvgIpc) is 2.84. The summed E-state index contributed by atoms with van der Waals surface area (Å²) < 4.78 is 8.39. The fourth-order valence-corrected chi connectivity index (χ4v) is 3.52. The van der Waals surface area contributed by atoms with Gasteiger partial charge in [-0.05, 0) is 57.2 Å². The molecule has 1 saturated heterocycles. The highest BCUT2D eigenvalue weighted by Crippen LogP contribution is 2.25. The first-order valence-electron chi connectivity index (χ1n) is 7.70. The molecule has 21 heavy (non-hydrogen) atoms. The van der Waals surface area contributed by atoms with Crippen LogP contribution in [0.15, 0.2) is 18.2 Å². The molecule has 1 aromatic carbocycles. The summed E-state index contributed by atoms with van der Waals surface area (Å²) in [5.74, 6) is 0.850. The van der Waals surface area contributed by atoms with Crippen LogP contribution in [0.25, 0.3) is 11.0 Å². The number of piperidine rings is 1. The second-order valence-electron chi connectivity index (χ2n) is 5.84. The molecule has 0 aliphatic carbocycles. The molecule has 0 radical (unpaired) electrons. The first kappa shape index (κ1) is 14.6. The first-order chi connectivity index (χ1) is 10.2. The molecule has 4 nitrogen and oxygen atoms in total. The lowest BCUT2D eigenvalue weighted by molar-refractivity contribution is 0.160. The first-order valence-corrected chi connectivity index (χ1v) is 8.11. The number of rotatable bonds is 4. The maximum atomic E-state index is 5.51. The van der Waals surface area contributed by atoms with E-state index in [1.54, 1.807) is 7.11 Å². The van der Waals surface area contributed by atoms with Crippen molar-refractivity contribution < 1.29 is 4.74 Å². The van der Waals surface area contributed by atoms with E-state index in [1.165, 1.54) is 32.4 Å². The molecule has 1 aliphatic heterocycles. The summed E-state index contributed by atoms with van der Waals surface area (Å²) in [7, 11) is 1.69. The molecule has 1 unspecified atom stereocenters. The van der Waals surface area contributed by atoms with Crippen LogP contribution in [0.3, 0.4) is 0 Å². The number of nitrogens with one attached hydrogen (secondary N) is 1. The van der Waals surface area contributed by atoms with Gasteiger partial charge >= 0.3 is 0 Å². The molecular formula is C16H23N3OS. The summed E-state index contributed by atoms with van der Waals surface area (Å²) in [5.41, 5.74) is 2.12. The number of ether oxygens (including phenoxy) is 1. The number of methoxy groups -OCH3 is 1. The fourth-order valence-electron chi connectivity index (χ4n) is 3.24. The van der Waals surface area contributed by atoms with Gasteiger partial charge in [0.25, 0.3) is 0 Å². The Morgan fingerprint density at radius 1 is 1.29 bits per heavy atom. The molecule has 0 saturated carbocycles. The largest absolute Gasteiger partial charge is 0.494 e. The number of fused-ring (bicyclic) bond motifs is 1. The number of para-hydroxylation sites is 1. The molecule has 0 amide bonds. The second-order valence-corrected chi connectivity index (χ2v) is 6.23. The van der Waals surface area contributed by atoms with Crippen molar-refractivity contribution in [2.24, 2.45) is 0 Å². The van der Waals surface area contributed by atoms with Gasteiger partial charge in [-0.1, -0.05) is 12.5 Å². The number of nitrogens with zero attached hydrogens (tertiary/aromatic N) is 2. The molecule has 5 heteroatoms. The van der Waals surface area contributed by atoms with Gasteiger partial charge in [-0.15, -0.1) is 0 Å². The molecule has 1 aromatic heterocycles. The average molecular weight is 305 g/mol. The zero-order valence-electron chi connectivity index (χ0n) is 12.8. The van der Waals surface area contributed by atoms with Gasteiger partial charge < -0.3 is 14.3 Å². The number of H-pyrrole nitrogens is 1. The lowest BCUT2D eigenvalue weighted by Gasteiger charge is -2.32. The van der Waals surface area contributed by atoms with Gasteiger partial charge in [0, 0.05) is 12.6 Å². The summed E-state index contributed by atoms with van der Waals surface area (Å²) in [6.07, 6.45) is 4.00. The van der Waals surface area contributed by atoms with Crippen molar-refractivity contribution in [3.63, 3.8) is 0 Å². The second kappa shape index (κ2) is 6.20. The number of likely N-dealkylation sites (tertiary alicyclic amines) is 1. The molecule has 2 aromatic rings. The van der Waals surface area contributed by atoms with E-state index in [0.29, 0.717) is 6.04 Å². The lowest BCUT2D eigenvalue weighted by atomic mass is 10.1. The van der Waals surface area contributed by atoms with Crippen molar-refractivity contribution in [3.05, 3.63) is 23.0 Å². The number of aromatic nitrogens is 2. The van der Waals surface area contributed by atoms with E-state index >= 15 is 0 Å². The van der Waals surface area contributed by atoms with Crippen molar-refractivity contribution in [1.82, 2.24) is 14.5 Å². The van der Waals surface area contributed by atoms with Gasteiger partial charge in [-0.2, -0.15) is 0 Å². The van der Waals surface area contributed by atoms with Gasteiger partial charge in [-0.25, -0.2) is 0 Å². The standard InChI is InChI=1S/C16H23N3OS/c1-12(18-9-4-3-5-10-18)11-19-13-7-6-8-14(20-2)15(13)17-16(19)21/h6-8,12H,3-5,9-11H2,1-2H3,(H,17,21). The van der Waals surface area contributed by atoms with Crippen molar-refractivity contribution in [1.29, 1.82) is 0 Å². The Kier molecular flexibility index (Phi) is 4.31. The summed E-state index contributed by atoms with van der Waals surface area (Å²) in [6.45, 7) is 5.64. The van der Waals surface area contributed by atoms with Crippen molar-refractivity contribution in [2.75, 3.05) is 20.2 Å². The summed E-state index contributed by atoms with van der Waals surface area (Å²) >= 11 is 5.51. The third-order valence-corrected chi connectivity index (χ3v) is 4.78. The number of hydrogen-bond acceptors (Lipinski definition) is 3. The van der Waals surface area contributed by atoms with Crippen LogP contribution >= 0.6 is 12.2 Å². The zero-order valence-corrected chi connectivity index (χ0v) is 13.6. The number of hydrogen-bond donors (Lipinski definition) is 1. The Morgan fingerprint density at radius 3 is 2.76 bits per heavy atom. The minimum Gasteiger partial charge on any atom is -0.494 e. The Bertz CT molecular complexity index is 670. The molecule has 1 N–H and O–H groups in total. The minimum absolute atomic E-state index is 0.502. The predicted octanol–water partition coefficient (Wildman–Crippen LogP) is 3.58. The Balaban J connectivity index is 1.89. The van der Waals surface area contributed by atoms with Crippen LogP contribution in [-0.2, 0) is 6.54 Å². The highest BCUT2D eigenvalue weighted by molar-refractivity contribution is 7.71. The van der Waals surface area contributed by atoms with E-state index in [9.17, 15) is 0 Å². The van der Waals surface area contributed by atoms with Gasteiger partial charge in [-0.3, -0.25) is 4.90 Å². The summed E-state index contributed by atoms with van der Waals surface area (Å²) in [5, 5.41) is 0. The van der Waals surface area contributed by atoms with Gasteiger partial charge in [0.15, 0.2) is 4.77 Å². The van der Waals surface area contributed by atoms with Gasteiger partial charge in [0.05, 0.1) is 12.6 Å². The monoisotopic (exact) mass is 305 g/mol. The van der Waals surface area contributed by atoms with Crippen LogP contribution in [-0.4, -0.2) is 40.7 Å². The quantitative estimate of drug-likeness (QED) is 0.877. The van der Waals surface area contributed by atoms with E-state index < -0.39 is 0 Å². The number of aromatic amines is 1. The molecule has 0 bridgehead atoms. The SMILES string of the molecule is COc1cccc2c1[nH]c(=S)n2CC(C)N1CCCCC1. The van der Waals surface area contributed by atoms with E-state index in [4.69, 9.17) is 17.0 Å². The maximum Gasteiger partial charge on any atom is 0.178 e.